The Bertz CT molecular complexity index is 877. The number of nitrogen functional groups attached to an aromatic ring is 1. The van der Waals surface area contributed by atoms with Crippen molar-refractivity contribution in [2.45, 2.75) is 17.2 Å². The number of nitrogens with two attached hydrogens (primary N) is 1. The molecule has 2 aliphatic heterocycles. The van der Waals surface area contributed by atoms with E-state index in [1.165, 1.54) is 28.1 Å². The molecule has 1 fully saturated rings. The third-order valence-electron chi connectivity index (χ3n) is 3.76. The van der Waals surface area contributed by atoms with Crippen LogP contribution in [0.2, 0.25) is 0 Å². The number of aliphatic carboxylic acids is 1. The molecule has 1 saturated heterocycles. The van der Waals surface area contributed by atoms with E-state index in [0.717, 1.165) is 11.3 Å². The molecule has 10 nitrogen and oxygen atoms in total. The number of anilines is 1. The second-order valence-corrected chi connectivity index (χ2v) is 7.42. The average molecular weight is 395 g/mol. The fourth-order valence-corrected chi connectivity index (χ4v) is 4.57. The van der Waals surface area contributed by atoms with Crippen LogP contribution in [0.5, 0.6) is 0 Å². The molecule has 0 spiro atoms. The Balaban J connectivity index is 1.89. The molecule has 1 aromatic heterocycles. The van der Waals surface area contributed by atoms with Gasteiger partial charge in [0.1, 0.15) is 16.8 Å². The lowest BCUT2D eigenvalue weighted by Crippen LogP contribution is -2.57. The molecule has 5 N–H and O–H groups in total. The van der Waals surface area contributed by atoms with Gasteiger partial charge in [-0.25, -0.2) is 9.78 Å². The lowest BCUT2D eigenvalue weighted by molar-refractivity contribution is -0.146. The van der Waals surface area contributed by atoms with E-state index >= 15 is 0 Å². The van der Waals surface area contributed by atoms with Gasteiger partial charge < -0.3 is 21.4 Å². The third-order valence-corrected chi connectivity index (χ3v) is 5.77. The van der Waals surface area contributed by atoms with Crippen molar-refractivity contribution in [3.05, 3.63) is 35.0 Å². The molecular formula is C14H13N5O5S2. The number of oxime groups is 1. The second kappa shape index (κ2) is 6.80. The number of carboxylic acids is 1. The summed E-state index contributed by atoms with van der Waals surface area (Å²) in [6, 6.07) is 0. The lowest BCUT2D eigenvalue weighted by Gasteiger charge is -2.46. The van der Waals surface area contributed by atoms with E-state index in [4.69, 9.17) is 10.9 Å². The van der Waals surface area contributed by atoms with Gasteiger partial charge in [0, 0.05) is 11.0 Å². The number of carbonyl (C=O) groups excluding carboxylic acids is 2. The maximum Gasteiger partial charge on any atom is 0.353 e. The van der Waals surface area contributed by atoms with Crippen LogP contribution in [0.3, 0.4) is 0 Å². The van der Waals surface area contributed by atoms with E-state index in [-0.39, 0.29) is 40.1 Å². The van der Waals surface area contributed by atoms with Gasteiger partial charge in [-0.2, -0.15) is 0 Å². The number of hydrogen-bond acceptors (Lipinski definition) is 9. The quantitative estimate of drug-likeness (QED) is 0.238. The van der Waals surface area contributed by atoms with Crippen molar-refractivity contribution in [2.24, 2.45) is 5.16 Å². The van der Waals surface area contributed by atoms with Crippen molar-refractivity contribution in [1.29, 1.82) is 0 Å². The fraction of sp³-hybridized carbons (Fsp3) is 0.214. The Morgan fingerprint density at radius 3 is 2.77 bits per heavy atom. The molecule has 26 heavy (non-hydrogen) atoms. The SMILES string of the molecule is C=CC1=C(C(=O)O)N2C(=O)C[C@H]2SC1NC(=O)C(=NO)c1csc(N)n1. The minimum Gasteiger partial charge on any atom is -0.477 e. The number of nitrogens with zero attached hydrogens (tertiary/aromatic N) is 3. The molecule has 3 heterocycles. The first-order valence-corrected chi connectivity index (χ1v) is 9.01. The zero-order chi connectivity index (χ0) is 19.0. The smallest absolute Gasteiger partial charge is 0.353 e. The van der Waals surface area contributed by atoms with Crippen LogP contribution >= 0.6 is 23.1 Å². The molecule has 12 heteroatoms. The Morgan fingerprint density at radius 1 is 1.54 bits per heavy atom. The summed E-state index contributed by atoms with van der Waals surface area (Å²) in [6.45, 7) is 3.58. The van der Waals surface area contributed by atoms with Crippen molar-refractivity contribution >= 4 is 51.7 Å². The number of carboxylic acid groups (broad SMARTS) is 1. The van der Waals surface area contributed by atoms with Gasteiger partial charge in [-0.3, -0.25) is 14.5 Å². The molecule has 0 aliphatic carbocycles. The number of aromatic nitrogens is 1. The van der Waals surface area contributed by atoms with Gasteiger partial charge in [0.05, 0.1) is 11.8 Å². The molecule has 136 valence electrons. The van der Waals surface area contributed by atoms with E-state index in [1.807, 2.05) is 0 Å². The van der Waals surface area contributed by atoms with Crippen LogP contribution in [0, 0.1) is 0 Å². The number of nitrogens with one attached hydrogen (secondary N) is 1. The van der Waals surface area contributed by atoms with E-state index < -0.39 is 22.6 Å². The molecule has 0 aromatic carbocycles. The summed E-state index contributed by atoms with van der Waals surface area (Å²) in [7, 11) is 0. The third kappa shape index (κ3) is 2.93. The Morgan fingerprint density at radius 2 is 2.27 bits per heavy atom. The molecule has 2 atom stereocenters. The first-order valence-electron chi connectivity index (χ1n) is 7.19. The number of thioether (sulfide) groups is 1. The maximum absolute atomic E-state index is 12.5. The van der Waals surface area contributed by atoms with Crippen LogP contribution in [0.25, 0.3) is 0 Å². The van der Waals surface area contributed by atoms with Crippen molar-refractivity contribution in [3.8, 4) is 0 Å². The molecule has 2 aliphatic rings. The average Bonchev–Trinajstić information content (AvgIpc) is 3.00. The van der Waals surface area contributed by atoms with Gasteiger partial charge in [-0.05, 0) is 0 Å². The number of amides is 2. The predicted octanol–water partition coefficient (Wildman–Crippen LogP) is 0.176. The van der Waals surface area contributed by atoms with Crippen molar-refractivity contribution < 1.29 is 24.7 Å². The van der Waals surface area contributed by atoms with Crippen LogP contribution < -0.4 is 11.1 Å². The highest BCUT2D eigenvalue weighted by Gasteiger charge is 2.48. The van der Waals surface area contributed by atoms with E-state index in [2.05, 4.69) is 22.0 Å². The van der Waals surface area contributed by atoms with Gasteiger partial charge in [0.2, 0.25) is 5.91 Å². The molecule has 1 aromatic rings. The molecular weight excluding hydrogens is 382 g/mol. The lowest BCUT2D eigenvalue weighted by atomic mass is 10.1. The monoisotopic (exact) mass is 395 g/mol. The van der Waals surface area contributed by atoms with Crippen LogP contribution in [0.1, 0.15) is 12.1 Å². The van der Waals surface area contributed by atoms with Gasteiger partial charge in [-0.15, -0.1) is 23.1 Å². The van der Waals surface area contributed by atoms with Crippen molar-refractivity contribution in [1.82, 2.24) is 15.2 Å². The summed E-state index contributed by atoms with van der Waals surface area (Å²) in [6.07, 6.45) is 1.45. The molecule has 3 rings (SSSR count). The molecule has 0 saturated carbocycles. The van der Waals surface area contributed by atoms with Crippen molar-refractivity contribution in [2.75, 3.05) is 5.73 Å². The van der Waals surface area contributed by atoms with Gasteiger partial charge in [0.25, 0.3) is 5.91 Å². The largest absolute Gasteiger partial charge is 0.477 e. The highest BCUT2D eigenvalue weighted by atomic mass is 32.2. The summed E-state index contributed by atoms with van der Waals surface area (Å²) < 4.78 is 0. The second-order valence-electron chi connectivity index (χ2n) is 5.24. The minimum absolute atomic E-state index is 0.0938. The summed E-state index contributed by atoms with van der Waals surface area (Å²) in [5, 5.41) is 24.6. The van der Waals surface area contributed by atoms with E-state index in [9.17, 15) is 19.5 Å². The highest BCUT2D eigenvalue weighted by molar-refractivity contribution is 8.00. The number of carbonyl (C=O) groups is 3. The molecule has 2 amide bonds. The number of rotatable bonds is 5. The van der Waals surface area contributed by atoms with Crippen LogP contribution in [-0.4, -0.2) is 54.4 Å². The topological polar surface area (TPSA) is 158 Å². The van der Waals surface area contributed by atoms with Gasteiger partial charge in [0.15, 0.2) is 10.8 Å². The van der Waals surface area contributed by atoms with Crippen molar-refractivity contribution in [3.63, 3.8) is 0 Å². The molecule has 1 unspecified atom stereocenters. The zero-order valence-electron chi connectivity index (χ0n) is 13.1. The predicted molar refractivity (Wildman–Crippen MR) is 94.5 cm³/mol. The number of thiazole rings is 1. The molecule has 0 radical (unpaired) electrons. The maximum atomic E-state index is 12.5. The Hall–Kier alpha value is -2.86. The fourth-order valence-electron chi connectivity index (χ4n) is 2.60. The number of β-lactam (4-membered cyclic amide) rings is 1. The summed E-state index contributed by atoms with van der Waals surface area (Å²) >= 11 is 2.27. The molecule has 0 bridgehead atoms. The van der Waals surface area contributed by atoms with Crippen LogP contribution in [0.15, 0.2) is 34.5 Å². The first-order chi connectivity index (χ1) is 12.4. The standard InChI is InChI=1S/C14H13N5O5S2/c1-2-5-10(13(22)23)19-7(20)3-8(19)26-12(5)17-11(21)9(18-24)6-4-25-14(15)16-6/h2,4,8,12,24H,1,3H2,(H2,15,16)(H,17,21)(H,22,23)/t8-,12?/m1/s1. The minimum atomic E-state index is -1.29. The Kier molecular flexibility index (Phi) is 4.70. The van der Waals surface area contributed by atoms with Gasteiger partial charge >= 0.3 is 5.97 Å². The zero-order valence-corrected chi connectivity index (χ0v) is 14.7. The van der Waals surface area contributed by atoms with Crippen LogP contribution in [0.4, 0.5) is 5.13 Å². The van der Waals surface area contributed by atoms with E-state index in [0.29, 0.717) is 0 Å². The summed E-state index contributed by atoms with van der Waals surface area (Å²) in [5.74, 6) is -2.36. The highest BCUT2D eigenvalue weighted by Crippen LogP contribution is 2.43. The van der Waals surface area contributed by atoms with E-state index in [1.54, 1.807) is 0 Å². The van der Waals surface area contributed by atoms with Crippen LogP contribution in [-0.2, 0) is 14.4 Å². The number of hydrogen-bond donors (Lipinski definition) is 4. The first kappa shape index (κ1) is 17.9. The van der Waals surface area contributed by atoms with Gasteiger partial charge in [-0.1, -0.05) is 17.8 Å². The summed E-state index contributed by atoms with van der Waals surface area (Å²) in [4.78, 5) is 40.9. The Labute approximate surface area is 155 Å². The normalized spacial score (nSPS) is 22.5. The number of fused-ring (bicyclic) bond motifs is 1. The summed E-state index contributed by atoms with van der Waals surface area (Å²) in [5.41, 5.74) is 5.21.